The minimum absolute atomic E-state index is 0.159. The number of benzene rings is 3. The first kappa shape index (κ1) is 20.7. The summed E-state index contributed by atoms with van der Waals surface area (Å²) in [5.41, 5.74) is 1.25. The highest BCUT2D eigenvalue weighted by Gasteiger charge is 2.51. The number of anilines is 1. The van der Waals surface area contributed by atoms with Crippen molar-refractivity contribution < 1.29 is 36.9 Å². The van der Waals surface area contributed by atoms with E-state index in [-0.39, 0.29) is 12.4 Å². The molecule has 0 radical (unpaired) electrons. The molecule has 3 aliphatic rings. The maximum Gasteiger partial charge on any atom is 0.416 e. The fraction of sp³-hybridized carbons (Fsp3) is 0.240. The van der Waals surface area contributed by atoms with Crippen molar-refractivity contribution in [1.29, 1.82) is 0 Å². The van der Waals surface area contributed by atoms with Crippen LogP contribution in [0.5, 0.6) is 28.7 Å². The van der Waals surface area contributed by atoms with Crippen molar-refractivity contribution in [2.24, 2.45) is 0 Å². The van der Waals surface area contributed by atoms with E-state index in [1.807, 2.05) is 19.2 Å². The molecular weight excluding hydrogens is 451 g/mol. The van der Waals surface area contributed by atoms with Gasteiger partial charge in [0.15, 0.2) is 18.1 Å². The highest BCUT2D eigenvalue weighted by Crippen LogP contribution is 2.56. The molecular formula is C25H18F3NO5. The van der Waals surface area contributed by atoms with E-state index in [2.05, 4.69) is 4.90 Å². The number of fused-ring (bicyclic) bond motifs is 5. The Bertz CT molecular complexity index is 1320. The molecule has 0 aromatic heterocycles. The number of hydrogen-bond donors (Lipinski definition) is 0. The maximum absolute atomic E-state index is 13.0. The number of esters is 1. The van der Waals surface area contributed by atoms with Crippen molar-refractivity contribution in [3.8, 4) is 28.7 Å². The molecule has 0 N–H and O–H groups in total. The zero-order valence-electron chi connectivity index (χ0n) is 17.9. The average molecular weight is 469 g/mol. The molecule has 6 nitrogen and oxygen atoms in total. The highest BCUT2D eigenvalue weighted by atomic mass is 19.4. The van der Waals surface area contributed by atoms with E-state index in [0.717, 1.165) is 28.9 Å². The molecule has 0 aliphatic carbocycles. The van der Waals surface area contributed by atoms with Crippen LogP contribution in [0, 0.1) is 0 Å². The van der Waals surface area contributed by atoms with Gasteiger partial charge in [0.25, 0.3) is 0 Å². The molecule has 3 aromatic rings. The van der Waals surface area contributed by atoms with E-state index in [1.165, 1.54) is 12.1 Å². The van der Waals surface area contributed by atoms with Gasteiger partial charge in [-0.05, 0) is 42.5 Å². The maximum atomic E-state index is 13.0. The van der Waals surface area contributed by atoms with Gasteiger partial charge in [-0.1, -0.05) is 6.07 Å². The second-order valence-electron chi connectivity index (χ2n) is 8.56. The fourth-order valence-electron chi connectivity index (χ4n) is 4.94. The van der Waals surface area contributed by atoms with Crippen molar-refractivity contribution in [3.63, 3.8) is 0 Å². The van der Waals surface area contributed by atoms with E-state index >= 15 is 0 Å². The average Bonchev–Trinajstić information content (AvgIpc) is 3.30. The monoisotopic (exact) mass is 469 g/mol. The van der Waals surface area contributed by atoms with Gasteiger partial charge in [0.2, 0.25) is 0 Å². The zero-order valence-corrected chi connectivity index (χ0v) is 17.9. The van der Waals surface area contributed by atoms with Crippen LogP contribution >= 0.6 is 0 Å². The van der Waals surface area contributed by atoms with Gasteiger partial charge >= 0.3 is 12.1 Å². The summed E-state index contributed by atoms with van der Waals surface area (Å²) in [4.78, 5) is 13.8. The van der Waals surface area contributed by atoms with E-state index in [4.69, 9.17) is 18.9 Å². The van der Waals surface area contributed by atoms with Crippen molar-refractivity contribution >= 4 is 11.7 Å². The number of carbonyl (C=O) groups is 1. The van der Waals surface area contributed by atoms with Crippen LogP contribution in [0.1, 0.15) is 16.7 Å². The second-order valence-corrected chi connectivity index (χ2v) is 8.56. The minimum atomic E-state index is -4.42. The largest absolute Gasteiger partial charge is 0.492 e. The Labute approximate surface area is 192 Å². The standard InChI is InChI=1S/C25H18F3NO5/c1-29-12-24(13-32-19-10-20-21(9-16(19)24)34-22(30)11-31-20)23-17(29)3-2-4-18(23)33-15-7-5-14(6-8-15)25(26,27)28/h2-10H,11-13H2,1H3. The topological polar surface area (TPSA) is 57.2 Å². The summed E-state index contributed by atoms with van der Waals surface area (Å²) in [6.07, 6.45) is -4.42. The van der Waals surface area contributed by atoms with Crippen LogP contribution in [-0.2, 0) is 16.4 Å². The van der Waals surface area contributed by atoms with Crippen LogP contribution in [-0.4, -0.2) is 32.8 Å². The molecule has 3 heterocycles. The quantitative estimate of drug-likeness (QED) is 0.392. The summed E-state index contributed by atoms with van der Waals surface area (Å²) in [7, 11) is 1.95. The third-order valence-electron chi connectivity index (χ3n) is 6.42. The van der Waals surface area contributed by atoms with Crippen LogP contribution in [0.15, 0.2) is 54.6 Å². The summed E-state index contributed by atoms with van der Waals surface area (Å²) in [5, 5.41) is 0. The van der Waals surface area contributed by atoms with Crippen LogP contribution in [0.25, 0.3) is 0 Å². The lowest BCUT2D eigenvalue weighted by Crippen LogP contribution is -2.35. The molecule has 1 unspecified atom stereocenters. The first-order chi connectivity index (χ1) is 16.2. The molecule has 0 bridgehead atoms. The molecule has 0 amide bonds. The predicted octanol–water partition coefficient (Wildman–Crippen LogP) is 4.92. The van der Waals surface area contributed by atoms with E-state index < -0.39 is 23.1 Å². The Morgan fingerprint density at radius 2 is 1.79 bits per heavy atom. The Hall–Kier alpha value is -3.88. The molecule has 6 rings (SSSR count). The van der Waals surface area contributed by atoms with Gasteiger partial charge in [-0.2, -0.15) is 13.2 Å². The fourth-order valence-corrected chi connectivity index (χ4v) is 4.94. The Morgan fingerprint density at radius 3 is 2.56 bits per heavy atom. The Morgan fingerprint density at radius 1 is 1.00 bits per heavy atom. The Kier molecular flexibility index (Phi) is 4.30. The molecule has 1 spiro atoms. The SMILES string of the molecule is CN1CC2(COc3cc4c(cc32)OC(=O)CO4)c2c(Oc3ccc(C(F)(F)F)cc3)cccc21. The van der Waals surface area contributed by atoms with Gasteiger partial charge in [0.05, 0.1) is 11.0 Å². The van der Waals surface area contributed by atoms with Crippen molar-refractivity contribution in [2.45, 2.75) is 11.6 Å². The van der Waals surface area contributed by atoms with Crippen molar-refractivity contribution in [1.82, 2.24) is 0 Å². The van der Waals surface area contributed by atoms with E-state index in [9.17, 15) is 18.0 Å². The number of halogens is 3. The lowest BCUT2D eigenvalue weighted by atomic mass is 9.77. The molecule has 9 heteroatoms. The molecule has 0 saturated carbocycles. The van der Waals surface area contributed by atoms with Gasteiger partial charge < -0.3 is 23.8 Å². The molecule has 3 aliphatic heterocycles. The minimum Gasteiger partial charge on any atom is -0.492 e. The number of carbonyl (C=O) groups excluding carboxylic acids is 1. The molecule has 34 heavy (non-hydrogen) atoms. The number of rotatable bonds is 2. The summed E-state index contributed by atoms with van der Waals surface area (Å²) >= 11 is 0. The highest BCUT2D eigenvalue weighted by molar-refractivity contribution is 5.79. The number of hydrogen-bond acceptors (Lipinski definition) is 6. The van der Waals surface area contributed by atoms with E-state index in [0.29, 0.717) is 36.1 Å². The van der Waals surface area contributed by atoms with Crippen LogP contribution in [0.2, 0.25) is 0 Å². The van der Waals surface area contributed by atoms with Crippen LogP contribution in [0.4, 0.5) is 18.9 Å². The molecule has 0 saturated heterocycles. The van der Waals surface area contributed by atoms with Gasteiger partial charge in [0, 0.05) is 36.5 Å². The second kappa shape index (κ2) is 7.06. The Balaban J connectivity index is 1.44. The molecule has 1 atom stereocenters. The summed E-state index contributed by atoms with van der Waals surface area (Å²) in [5.74, 6) is 1.73. The third kappa shape index (κ3) is 3.07. The lowest BCUT2D eigenvalue weighted by Gasteiger charge is -2.26. The van der Waals surface area contributed by atoms with Crippen LogP contribution in [0.3, 0.4) is 0 Å². The van der Waals surface area contributed by atoms with Gasteiger partial charge in [-0.25, -0.2) is 4.79 Å². The molecule has 174 valence electrons. The number of ether oxygens (including phenoxy) is 4. The summed E-state index contributed by atoms with van der Waals surface area (Å²) < 4.78 is 61.9. The van der Waals surface area contributed by atoms with E-state index in [1.54, 1.807) is 18.2 Å². The summed E-state index contributed by atoms with van der Waals surface area (Å²) in [6.45, 7) is 0.744. The van der Waals surface area contributed by atoms with Gasteiger partial charge in [0.1, 0.15) is 23.9 Å². The van der Waals surface area contributed by atoms with Gasteiger partial charge in [-0.15, -0.1) is 0 Å². The first-order valence-electron chi connectivity index (χ1n) is 10.6. The normalized spacial score (nSPS) is 20.2. The number of nitrogens with zero attached hydrogens (tertiary/aromatic N) is 1. The lowest BCUT2D eigenvalue weighted by molar-refractivity contribution is -0.139. The molecule has 0 fully saturated rings. The smallest absolute Gasteiger partial charge is 0.416 e. The van der Waals surface area contributed by atoms with Crippen molar-refractivity contribution in [2.75, 3.05) is 31.7 Å². The zero-order chi connectivity index (χ0) is 23.7. The first-order valence-corrected chi connectivity index (χ1v) is 10.6. The molecule has 3 aromatic carbocycles. The van der Waals surface area contributed by atoms with Crippen LogP contribution < -0.4 is 23.8 Å². The van der Waals surface area contributed by atoms with Gasteiger partial charge in [-0.3, -0.25) is 0 Å². The third-order valence-corrected chi connectivity index (χ3v) is 6.42. The summed E-state index contributed by atoms with van der Waals surface area (Å²) in [6, 6.07) is 13.7. The number of alkyl halides is 3. The number of likely N-dealkylation sites (N-methyl/N-ethyl adjacent to an activating group) is 1. The predicted molar refractivity (Wildman–Crippen MR) is 115 cm³/mol. The van der Waals surface area contributed by atoms with Crippen molar-refractivity contribution in [3.05, 3.63) is 71.3 Å².